The van der Waals surface area contributed by atoms with Gasteiger partial charge in [0.05, 0.1) is 11.9 Å². The average Bonchev–Trinajstić information content (AvgIpc) is 2.66. The molecule has 84 valence electrons. The maximum atomic E-state index is 11.4. The monoisotopic (exact) mass is 211 g/mol. The first-order valence-corrected chi connectivity index (χ1v) is 4.79. The predicted octanol–water partition coefficient (Wildman–Crippen LogP) is 0.481. The largest absolute Gasteiger partial charge is 0.336 e. The van der Waals surface area contributed by atoms with E-state index in [1.807, 2.05) is 25.9 Å². The average molecular weight is 211 g/mol. The van der Waals surface area contributed by atoms with Crippen molar-refractivity contribution < 1.29 is 4.79 Å². The van der Waals surface area contributed by atoms with Gasteiger partial charge in [0.25, 0.3) is 0 Å². The third-order valence-electron chi connectivity index (χ3n) is 2.20. The number of H-pyrrole nitrogens is 1. The molecule has 1 rings (SSSR count). The number of nitrogens with one attached hydrogen (secondary N) is 3. The molecule has 0 aliphatic heterocycles. The molecule has 6 heteroatoms. The zero-order valence-electron chi connectivity index (χ0n) is 9.24. The standard InChI is InChI=1S/C9H17N5O/c1-7(14(2)3)4-10-9(15)13-8-5-11-12-6-8/h5-7H,4H2,1-3H3,(H,11,12)(H2,10,13,15)/t7-/m0/s1. The topological polar surface area (TPSA) is 73.0 Å². The van der Waals surface area contributed by atoms with Crippen molar-refractivity contribution in [2.45, 2.75) is 13.0 Å². The van der Waals surface area contributed by atoms with Crippen LogP contribution in [0.1, 0.15) is 6.92 Å². The molecule has 0 fully saturated rings. The summed E-state index contributed by atoms with van der Waals surface area (Å²) in [5.41, 5.74) is 0.657. The Kier molecular flexibility index (Phi) is 4.11. The molecule has 0 radical (unpaired) electrons. The lowest BCUT2D eigenvalue weighted by molar-refractivity contribution is 0.245. The molecule has 2 amide bonds. The van der Waals surface area contributed by atoms with Crippen LogP contribution in [0.25, 0.3) is 0 Å². The molecule has 1 aromatic rings. The van der Waals surface area contributed by atoms with Gasteiger partial charge in [0, 0.05) is 18.8 Å². The van der Waals surface area contributed by atoms with Crippen LogP contribution in [0.3, 0.4) is 0 Å². The number of anilines is 1. The van der Waals surface area contributed by atoms with E-state index in [0.29, 0.717) is 18.3 Å². The second-order valence-electron chi connectivity index (χ2n) is 3.63. The molecule has 1 aromatic heterocycles. The zero-order chi connectivity index (χ0) is 11.3. The predicted molar refractivity (Wildman–Crippen MR) is 58.8 cm³/mol. The van der Waals surface area contributed by atoms with Crippen molar-refractivity contribution in [2.75, 3.05) is 26.0 Å². The number of carbonyl (C=O) groups excluding carboxylic acids is 1. The Morgan fingerprint density at radius 2 is 2.40 bits per heavy atom. The summed E-state index contributed by atoms with van der Waals surface area (Å²) in [7, 11) is 3.95. The Morgan fingerprint density at radius 3 is 2.93 bits per heavy atom. The fraction of sp³-hybridized carbons (Fsp3) is 0.556. The van der Waals surface area contributed by atoms with Crippen LogP contribution in [0, 0.1) is 0 Å². The fourth-order valence-electron chi connectivity index (χ4n) is 0.918. The minimum atomic E-state index is -0.217. The van der Waals surface area contributed by atoms with E-state index in [9.17, 15) is 4.79 Å². The molecule has 0 spiro atoms. The molecular weight excluding hydrogens is 194 g/mol. The van der Waals surface area contributed by atoms with E-state index in [4.69, 9.17) is 0 Å². The highest BCUT2D eigenvalue weighted by atomic mass is 16.2. The zero-order valence-corrected chi connectivity index (χ0v) is 9.24. The van der Waals surface area contributed by atoms with Gasteiger partial charge in [-0.05, 0) is 21.0 Å². The third-order valence-corrected chi connectivity index (χ3v) is 2.20. The Morgan fingerprint density at radius 1 is 1.67 bits per heavy atom. The molecule has 0 aliphatic rings. The summed E-state index contributed by atoms with van der Waals surface area (Å²) >= 11 is 0. The highest BCUT2D eigenvalue weighted by molar-refractivity contribution is 5.88. The number of carbonyl (C=O) groups is 1. The summed E-state index contributed by atoms with van der Waals surface area (Å²) in [4.78, 5) is 13.4. The summed E-state index contributed by atoms with van der Waals surface area (Å²) in [5, 5.41) is 11.8. The van der Waals surface area contributed by atoms with Gasteiger partial charge in [-0.1, -0.05) is 0 Å². The van der Waals surface area contributed by atoms with E-state index >= 15 is 0 Å². The molecular formula is C9H17N5O. The summed E-state index contributed by atoms with van der Waals surface area (Å²) < 4.78 is 0. The van der Waals surface area contributed by atoms with Gasteiger partial charge < -0.3 is 15.5 Å². The number of rotatable bonds is 4. The Balaban J connectivity index is 2.25. The molecule has 0 unspecified atom stereocenters. The number of nitrogens with zero attached hydrogens (tertiary/aromatic N) is 2. The van der Waals surface area contributed by atoms with Crippen LogP contribution >= 0.6 is 0 Å². The highest BCUT2D eigenvalue weighted by Gasteiger charge is 2.07. The van der Waals surface area contributed by atoms with E-state index in [-0.39, 0.29) is 6.03 Å². The van der Waals surface area contributed by atoms with Gasteiger partial charge in [0.1, 0.15) is 0 Å². The lowest BCUT2D eigenvalue weighted by atomic mass is 10.3. The molecule has 15 heavy (non-hydrogen) atoms. The maximum absolute atomic E-state index is 11.4. The van der Waals surface area contributed by atoms with Crippen molar-refractivity contribution >= 4 is 11.7 Å². The molecule has 1 atom stereocenters. The van der Waals surface area contributed by atoms with Gasteiger partial charge in [0.15, 0.2) is 0 Å². The minimum Gasteiger partial charge on any atom is -0.336 e. The number of aromatic amines is 1. The molecule has 0 aliphatic carbocycles. The molecule has 0 saturated carbocycles. The first-order chi connectivity index (χ1) is 7.09. The minimum absolute atomic E-state index is 0.217. The van der Waals surface area contributed by atoms with Crippen molar-refractivity contribution in [3.05, 3.63) is 12.4 Å². The molecule has 6 nitrogen and oxygen atoms in total. The van der Waals surface area contributed by atoms with Gasteiger partial charge in [-0.15, -0.1) is 0 Å². The van der Waals surface area contributed by atoms with E-state index in [1.165, 1.54) is 0 Å². The molecule has 3 N–H and O–H groups in total. The Labute approximate surface area is 89.0 Å². The summed E-state index contributed by atoms with van der Waals surface area (Å²) in [6, 6.07) is 0.0881. The van der Waals surface area contributed by atoms with Crippen molar-refractivity contribution in [1.82, 2.24) is 20.4 Å². The highest BCUT2D eigenvalue weighted by Crippen LogP contribution is 1.99. The maximum Gasteiger partial charge on any atom is 0.319 e. The third kappa shape index (κ3) is 3.99. The van der Waals surface area contributed by atoms with Crippen molar-refractivity contribution in [3.8, 4) is 0 Å². The lowest BCUT2D eigenvalue weighted by Crippen LogP contribution is -2.40. The summed E-state index contributed by atoms with van der Waals surface area (Å²) in [5.74, 6) is 0. The van der Waals surface area contributed by atoms with E-state index in [2.05, 4.69) is 20.8 Å². The van der Waals surface area contributed by atoms with Gasteiger partial charge in [0.2, 0.25) is 0 Å². The van der Waals surface area contributed by atoms with E-state index in [1.54, 1.807) is 12.4 Å². The van der Waals surface area contributed by atoms with Crippen molar-refractivity contribution in [2.24, 2.45) is 0 Å². The number of likely N-dealkylation sites (N-methyl/N-ethyl adjacent to an activating group) is 1. The van der Waals surface area contributed by atoms with E-state index in [0.717, 1.165) is 0 Å². The first-order valence-electron chi connectivity index (χ1n) is 4.79. The number of urea groups is 1. The van der Waals surface area contributed by atoms with Crippen LogP contribution in [0.2, 0.25) is 0 Å². The molecule has 1 heterocycles. The van der Waals surface area contributed by atoms with Gasteiger partial charge in [-0.25, -0.2) is 4.79 Å². The van der Waals surface area contributed by atoms with Gasteiger partial charge in [-0.2, -0.15) is 5.10 Å². The summed E-state index contributed by atoms with van der Waals surface area (Å²) in [6.45, 7) is 2.65. The van der Waals surface area contributed by atoms with Crippen LogP contribution in [0.4, 0.5) is 10.5 Å². The van der Waals surface area contributed by atoms with E-state index < -0.39 is 0 Å². The molecule has 0 saturated heterocycles. The first kappa shape index (κ1) is 11.5. The normalized spacial score (nSPS) is 12.5. The number of amides is 2. The summed E-state index contributed by atoms with van der Waals surface area (Å²) in [6.07, 6.45) is 3.17. The Bertz CT molecular complexity index is 295. The van der Waals surface area contributed by atoms with Crippen LogP contribution in [0.15, 0.2) is 12.4 Å². The smallest absolute Gasteiger partial charge is 0.319 e. The van der Waals surface area contributed by atoms with Crippen molar-refractivity contribution in [3.63, 3.8) is 0 Å². The number of hydrogen-bond acceptors (Lipinski definition) is 3. The van der Waals surface area contributed by atoms with Crippen molar-refractivity contribution in [1.29, 1.82) is 0 Å². The molecule has 0 aromatic carbocycles. The lowest BCUT2D eigenvalue weighted by Gasteiger charge is -2.19. The van der Waals surface area contributed by atoms with Crippen LogP contribution in [-0.2, 0) is 0 Å². The van der Waals surface area contributed by atoms with Crippen LogP contribution in [0.5, 0.6) is 0 Å². The van der Waals surface area contributed by atoms with Gasteiger partial charge >= 0.3 is 6.03 Å². The fourth-order valence-corrected chi connectivity index (χ4v) is 0.918. The second kappa shape index (κ2) is 5.35. The van der Waals surface area contributed by atoms with Gasteiger partial charge in [-0.3, -0.25) is 5.10 Å². The number of hydrogen-bond donors (Lipinski definition) is 3. The Hall–Kier alpha value is -1.56. The quantitative estimate of drug-likeness (QED) is 0.678. The van der Waals surface area contributed by atoms with Crippen LogP contribution in [-0.4, -0.2) is 47.8 Å². The SMILES string of the molecule is C[C@@H](CNC(=O)Nc1cn[nH]c1)N(C)C. The second-order valence-corrected chi connectivity index (χ2v) is 3.63. The molecule has 0 bridgehead atoms. The number of aromatic nitrogens is 2. The van der Waals surface area contributed by atoms with Crippen LogP contribution < -0.4 is 10.6 Å².